The molecule has 29 heavy (non-hydrogen) atoms. The lowest BCUT2D eigenvalue weighted by atomic mass is 9.90. The maximum atomic E-state index is 12.8. The van der Waals surface area contributed by atoms with Gasteiger partial charge in [-0.1, -0.05) is 12.2 Å². The van der Waals surface area contributed by atoms with Crippen LogP contribution in [0.5, 0.6) is 5.75 Å². The molecule has 3 rings (SSSR count). The van der Waals surface area contributed by atoms with E-state index < -0.39 is 5.91 Å². The molecular weight excluding hydrogens is 438 g/mol. The number of carbonyl (C=O) groups excluding carboxylic acids is 3. The highest BCUT2D eigenvalue weighted by molar-refractivity contribution is 9.10. The number of hydrogen-bond donors (Lipinski definition) is 2. The maximum absolute atomic E-state index is 12.8. The number of primary amides is 1. The van der Waals surface area contributed by atoms with Crippen molar-refractivity contribution in [3.8, 4) is 5.75 Å². The molecule has 1 aliphatic heterocycles. The van der Waals surface area contributed by atoms with E-state index in [1.807, 2.05) is 19.1 Å². The molecule has 1 aromatic rings. The van der Waals surface area contributed by atoms with Gasteiger partial charge in [-0.2, -0.15) is 0 Å². The lowest BCUT2D eigenvalue weighted by Crippen LogP contribution is -2.39. The van der Waals surface area contributed by atoms with Crippen molar-refractivity contribution in [1.29, 1.82) is 0 Å². The van der Waals surface area contributed by atoms with Gasteiger partial charge >= 0.3 is 0 Å². The summed E-state index contributed by atoms with van der Waals surface area (Å²) in [7, 11) is 0. The number of ether oxygens (including phenoxy) is 1. The molecule has 0 unspecified atom stereocenters. The highest BCUT2D eigenvalue weighted by Crippen LogP contribution is 2.40. The third-order valence-electron chi connectivity index (χ3n) is 5.03. The SMILES string of the molecule is CC=CCCN1C(=O)COc2cc(Br)c(NC(=O)C3=C(C(N)=O)CCCC3)cc21. The van der Waals surface area contributed by atoms with E-state index in [4.69, 9.17) is 10.5 Å². The van der Waals surface area contributed by atoms with E-state index in [9.17, 15) is 14.4 Å². The fourth-order valence-corrected chi connectivity index (χ4v) is 3.98. The summed E-state index contributed by atoms with van der Waals surface area (Å²) in [5.74, 6) is -0.451. The van der Waals surface area contributed by atoms with Crippen LogP contribution in [0.2, 0.25) is 0 Å². The Morgan fingerprint density at radius 3 is 2.69 bits per heavy atom. The van der Waals surface area contributed by atoms with Crippen LogP contribution in [0.3, 0.4) is 0 Å². The minimum atomic E-state index is -0.548. The molecule has 0 fully saturated rings. The van der Waals surface area contributed by atoms with Gasteiger partial charge in [0.05, 0.1) is 11.4 Å². The van der Waals surface area contributed by atoms with Gasteiger partial charge in [-0.3, -0.25) is 14.4 Å². The van der Waals surface area contributed by atoms with Crippen molar-refractivity contribution in [3.05, 3.63) is 39.9 Å². The van der Waals surface area contributed by atoms with Gasteiger partial charge in [-0.05, 0) is 67.1 Å². The molecule has 7 nitrogen and oxygen atoms in total. The standard InChI is InChI=1S/C21H24BrN3O4/c1-2-3-6-9-25-17-11-16(15(22)10-18(17)29-12-19(25)26)24-21(28)14-8-5-4-7-13(14)20(23)27/h2-3,10-11H,4-9,12H2,1H3,(H2,23,27)(H,24,28). The lowest BCUT2D eigenvalue weighted by Gasteiger charge is -2.30. The van der Waals surface area contributed by atoms with E-state index >= 15 is 0 Å². The smallest absolute Gasteiger partial charge is 0.265 e. The minimum Gasteiger partial charge on any atom is -0.482 e. The molecule has 0 bridgehead atoms. The number of amides is 3. The van der Waals surface area contributed by atoms with E-state index in [0.29, 0.717) is 58.6 Å². The van der Waals surface area contributed by atoms with Crippen molar-refractivity contribution in [2.45, 2.75) is 39.0 Å². The van der Waals surface area contributed by atoms with Crippen LogP contribution in [0, 0.1) is 0 Å². The molecule has 2 aliphatic rings. The van der Waals surface area contributed by atoms with Crippen molar-refractivity contribution in [2.24, 2.45) is 5.73 Å². The molecule has 0 aromatic heterocycles. The van der Waals surface area contributed by atoms with Crippen molar-refractivity contribution in [1.82, 2.24) is 0 Å². The molecule has 3 N–H and O–H groups in total. The number of nitrogens with zero attached hydrogens (tertiary/aromatic N) is 1. The Bertz CT molecular complexity index is 907. The zero-order chi connectivity index (χ0) is 21.0. The Morgan fingerprint density at radius 1 is 1.28 bits per heavy atom. The first-order valence-electron chi connectivity index (χ1n) is 9.63. The number of benzene rings is 1. The van der Waals surface area contributed by atoms with Gasteiger partial charge in [-0.15, -0.1) is 0 Å². The minimum absolute atomic E-state index is 0.0180. The van der Waals surface area contributed by atoms with E-state index in [1.165, 1.54) is 0 Å². The third kappa shape index (κ3) is 4.70. The van der Waals surface area contributed by atoms with Gasteiger partial charge in [-0.25, -0.2) is 0 Å². The predicted molar refractivity (Wildman–Crippen MR) is 115 cm³/mol. The van der Waals surface area contributed by atoms with Crippen molar-refractivity contribution < 1.29 is 19.1 Å². The summed E-state index contributed by atoms with van der Waals surface area (Å²) in [6, 6.07) is 3.46. The fourth-order valence-electron chi connectivity index (χ4n) is 3.56. The molecule has 0 saturated carbocycles. The Balaban J connectivity index is 1.90. The lowest BCUT2D eigenvalue weighted by molar-refractivity contribution is -0.121. The van der Waals surface area contributed by atoms with Gasteiger partial charge in [0.25, 0.3) is 11.8 Å². The van der Waals surface area contributed by atoms with Gasteiger partial charge < -0.3 is 20.7 Å². The van der Waals surface area contributed by atoms with Gasteiger partial charge in [0.1, 0.15) is 5.75 Å². The normalized spacial score (nSPS) is 16.6. The highest BCUT2D eigenvalue weighted by Gasteiger charge is 2.28. The Morgan fingerprint density at radius 2 is 2.00 bits per heavy atom. The first-order chi connectivity index (χ1) is 13.9. The van der Waals surface area contributed by atoms with Crippen LogP contribution in [-0.4, -0.2) is 30.9 Å². The predicted octanol–water partition coefficient (Wildman–Crippen LogP) is 3.44. The second kappa shape index (κ2) is 9.26. The summed E-state index contributed by atoms with van der Waals surface area (Å²) < 4.78 is 6.18. The molecule has 0 saturated heterocycles. The van der Waals surface area contributed by atoms with Gasteiger partial charge in [0.15, 0.2) is 6.61 Å². The number of rotatable bonds is 6. The number of allylic oxidation sites excluding steroid dienone is 1. The third-order valence-corrected chi connectivity index (χ3v) is 5.69. The molecular formula is C21H24BrN3O4. The summed E-state index contributed by atoms with van der Waals surface area (Å²) in [5.41, 5.74) is 7.40. The number of halogens is 1. The monoisotopic (exact) mass is 461 g/mol. The number of carbonyl (C=O) groups is 3. The van der Waals surface area contributed by atoms with E-state index in [2.05, 4.69) is 21.2 Å². The fraction of sp³-hybridized carbons (Fsp3) is 0.381. The molecule has 1 heterocycles. The first kappa shape index (κ1) is 21.1. The topological polar surface area (TPSA) is 102 Å². The summed E-state index contributed by atoms with van der Waals surface area (Å²) in [6.45, 7) is 2.43. The Kier molecular flexibility index (Phi) is 6.74. The van der Waals surface area contributed by atoms with E-state index in [0.717, 1.165) is 12.8 Å². The summed E-state index contributed by atoms with van der Waals surface area (Å²) >= 11 is 3.45. The number of anilines is 2. The number of nitrogens with two attached hydrogens (primary N) is 1. The van der Waals surface area contributed by atoms with E-state index in [1.54, 1.807) is 17.0 Å². The van der Waals surface area contributed by atoms with Crippen molar-refractivity contribution >= 4 is 45.0 Å². The van der Waals surface area contributed by atoms with Crippen LogP contribution in [0.15, 0.2) is 39.9 Å². The molecule has 154 valence electrons. The summed E-state index contributed by atoms with van der Waals surface area (Å²) in [6.07, 6.45) is 7.37. The van der Waals surface area contributed by atoms with Crippen LogP contribution in [-0.2, 0) is 14.4 Å². The van der Waals surface area contributed by atoms with Crippen molar-refractivity contribution in [2.75, 3.05) is 23.4 Å². The zero-order valence-corrected chi connectivity index (χ0v) is 17.9. The Labute approximate surface area is 178 Å². The molecule has 8 heteroatoms. The van der Waals surface area contributed by atoms with Crippen molar-refractivity contribution in [3.63, 3.8) is 0 Å². The second-order valence-corrected chi connectivity index (χ2v) is 7.83. The number of hydrogen-bond acceptors (Lipinski definition) is 4. The molecule has 1 aromatic carbocycles. The average Bonchev–Trinajstić information content (AvgIpc) is 2.70. The second-order valence-electron chi connectivity index (χ2n) is 6.97. The van der Waals surface area contributed by atoms with E-state index in [-0.39, 0.29) is 18.4 Å². The van der Waals surface area contributed by atoms with Crippen LogP contribution >= 0.6 is 15.9 Å². The summed E-state index contributed by atoms with van der Waals surface area (Å²) in [5, 5.41) is 2.86. The van der Waals surface area contributed by atoms with Crippen LogP contribution in [0.25, 0.3) is 0 Å². The van der Waals surface area contributed by atoms with Gasteiger partial charge in [0.2, 0.25) is 5.91 Å². The number of nitrogens with one attached hydrogen (secondary N) is 1. The first-order valence-corrected chi connectivity index (χ1v) is 10.4. The zero-order valence-electron chi connectivity index (χ0n) is 16.3. The highest BCUT2D eigenvalue weighted by atomic mass is 79.9. The van der Waals surface area contributed by atoms with Crippen LogP contribution < -0.4 is 20.7 Å². The Hall–Kier alpha value is -2.61. The van der Waals surface area contributed by atoms with Crippen LogP contribution in [0.1, 0.15) is 39.0 Å². The number of fused-ring (bicyclic) bond motifs is 1. The molecule has 3 amide bonds. The molecule has 0 atom stereocenters. The quantitative estimate of drug-likeness (QED) is 0.633. The van der Waals surface area contributed by atoms with Gasteiger partial charge in [0, 0.05) is 22.2 Å². The van der Waals surface area contributed by atoms with Crippen LogP contribution in [0.4, 0.5) is 11.4 Å². The largest absolute Gasteiger partial charge is 0.482 e. The molecule has 1 aliphatic carbocycles. The summed E-state index contributed by atoms with van der Waals surface area (Å²) in [4.78, 5) is 38.6. The molecule has 0 radical (unpaired) electrons. The maximum Gasteiger partial charge on any atom is 0.265 e. The molecule has 0 spiro atoms. The average molecular weight is 462 g/mol.